The Morgan fingerprint density at radius 2 is 2.23 bits per heavy atom. The van der Waals surface area contributed by atoms with Gasteiger partial charge in [-0.15, -0.1) is 0 Å². The third-order valence-electron chi connectivity index (χ3n) is 1.24. The first-order chi connectivity index (χ1) is 6.09. The molecule has 1 aromatic carbocycles. The molecule has 2 nitrogen and oxygen atoms in total. The van der Waals surface area contributed by atoms with Crippen LogP contribution in [0, 0.1) is 11.8 Å². The number of rotatable bonds is 0. The minimum atomic E-state index is -1.15. The summed E-state index contributed by atoms with van der Waals surface area (Å²) in [5, 5.41) is 8.88. The molecule has 1 N–H and O–H groups in total. The third-order valence-corrected chi connectivity index (χ3v) is 2.13. The van der Waals surface area contributed by atoms with Crippen molar-refractivity contribution in [3.63, 3.8) is 0 Å². The standard InChI is InChI=1S/C9H4BrClO2/c10-8-5-7(11)3-1-6(8)2-4-9(12)13/h1,3,5H,(H,12,13). The maximum Gasteiger partial charge on any atom is 0.382 e. The van der Waals surface area contributed by atoms with Gasteiger partial charge in [0.1, 0.15) is 0 Å². The molecule has 0 spiro atoms. The van der Waals surface area contributed by atoms with Crippen LogP contribution in [0.15, 0.2) is 22.7 Å². The summed E-state index contributed by atoms with van der Waals surface area (Å²) in [4.78, 5) is 10.1. The zero-order chi connectivity index (χ0) is 9.84. The largest absolute Gasteiger partial charge is 0.472 e. The van der Waals surface area contributed by atoms with Crippen molar-refractivity contribution >= 4 is 33.5 Å². The summed E-state index contributed by atoms with van der Waals surface area (Å²) in [5.74, 6) is 3.35. The molecule has 0 radical (unpaired) electrons. The Bertz CT molecular complexity index is 404. The minimum Gasteiger partial charge on any atom is -0.472 e. The molecule has 0 aliphatic rings. The van der Waals surface area contributed by atoms with Crippen LogP contribution in [0.25, 0.3) is 0 Å². The number of carboxylic acid groups (broad SMARTS) is 1. The van der Waals surface area contributed by atoms with E-state index in [2.05, 4.69) is 21.9 Å². The quantitative estimate of drug-likeness (QED) is 0.727. The molecule has 0 aliphatic carbocycles. The molecule has 0 saturated carbocycles. The topological polar surface area (TPSA) is 37.3 Å². The Morgan fingerprint density at radius 1 is 1.54 bits per heavy atom. The van der Waals surface area contributed by atoms with Crippen LogP contribution in [0.5, 0.6) is 0 Å². The molecule has 0 bridgehead atoms. The molecule has 0 aromatic heterocycles. The van der Waals surface area contributed by atoms with Crippen LogP contribution in [0.2, 0.25) is 5.02 Å². The van der Waals surface area contributed by atoms with Gasteiger partial charge in [0.25, 0.3) is 0 Å². The summed E-state index contributed by atoms with van der Waals surface area (Å²) in [7, 11) is 0. The van der Waals surface area contributed by atoms with E-state index in [-0.39, 0.29) is 0 Å². The van der Waals surface area contributed by atoms with E-state index in [1.165, 1.54) is 0 Å². The Labute approximate surface area is 88.7 Å². The molecule has 0 unspecified atom stereocenters. The fourth-order valence-corrected chi connectivity index (χ4v) is 1.49. The zero-order valence-electron chi connectivity index (χ0n) is 6.34. The molecule has 1 rings (SSSR count). The number of hydrogen-bond donors (Lipinski definition) is 1. The third kappa shape index (κ3) is 3.10. The van der Waals surface area contributed by atoms with Crippen molar-refractivity contribution in [3.8, 4) is 11.8 Å². The molecular weight excluding hydrogens is 255 g/mol. The minimum absolute atomic E-state index is 0.577. The van der Waals surface area contributed by atoms with Crippen molar-refractivity contribution in [2.75, 3.05) is 0 Å². The molecular formula is C9H4BrClO2. The maximum absolute atomic E-state index is 10.1. The van der Waals surface area contributed by atoms with E-state index >= 15 is 0 Å². The van der Waals surface area contributed by atoms with Crippen LogP contribution in [-0.2, 0) is 4.79 Å². The number of aliphatic carboxylic acids is 1. The highest BCUT2D eigenvalue weighted by Gasteiger charge is 1.97. The first kappa shape index (κ1) is 10.1. The Hall–Kier alpha value is -0.980. The summed E-state index contributed by atoms with van der Waals surface area (Å²) in [6.45, 7) is 0. The van der Waals surface area contributed by atoms with Gasteiger partial charge in [0.05, 0.1) is 0 Å². The smallest absolute Gasteiger partial charge is 0.382 e. The first-order valence-electron chi connectivity index (χ1n) is 3.29. The summed E-state index contributed by atoms with van der Waals surface area (Å²) >= 11 is 8.90. The highest BCUT2D eigenvalue weighted by molar-refractivity contribution is 9.10. The number of hydrogen-bond acceptors (Lipinski definition) is 1. The SMILES string of the molecule is O=C(O)C#Cc1ccc(Cl)cc1Br. The fraction of sp³-hybridized carbons (Fsp3) is 0. The Kier molecular flexibility index (Phi) is 3.35. The number of benzene rings is 1. The monoisotopic (exact) mass is 258 g/mol. The average molecular weight is 259 g/mol. The van der Waals surface area contributed by atoms with E-state index in [9.17, 15) is 4.79 Å². The predicted molar refractivity (Wildman–Crippen MR) is 53.7 cm³/mol. The van der Waals surface area contributed by atoms with Crippen molar-refractivity contribution in [1.29, 1.82) is 0 Å². The summed E-state index contributed by atoms with van der Waals surface area (Å²) in [6, 6.07) is 4.97. The lowest BCUT2D eigenvalue weighted by atomic mass is 10.2. The van der Waals surface area contributed by atoms with Crippen LogP contribution < -0.4 is 0 Å². The molecule has 0 atom stereocenters. The Morgan fingerprint density at radius 3 is 2.77 bits per heavy atom. The molecule has 0 heterocycles. The van der Waals surface area contributed by atoms with Crippen LogP contribution in [0.1, 0.15) is 5.56 Å². The van der Waals surface area contributed by atoms with E-state index in [1.807, 2.05) is 5.92 Å². The van der Waals surface area contributed by atoms with Gasteiger partial charge >= 0.3 is 5.97 Å². The number of halogens is 2. The molecule has 0 amide bonds. The van der Waals surface area contributed by atoms with Gasteiger partial charge in [-0.05, 0) is 34.1 Å². The second-order valence-corrected chi connectivity index (χ2v) is 3.47. The number of carbonyl (C=O) groups is 1. The van der Waals surface area contributed by atoms with Gasteiger partial charge in [-0.3, -0.25) is 0 Å². The van der Waals surface area contributed by atoms with Gasteiger partial charge < -0.3 is 5.11 Å². The molecule has 0 saturated heterocycles. The fourth-order valence-electron chi connectivity index (χ4n) is 0.712. The highest BCUT2D eigenvalue weighted by atomic mass is 79.9. The molecule has 4 heteroatoms. The van der Waals surface area contributed by atoms with Crippen LogP contribution >= 0.6 is 27.5 Å². The summed E-state index contributed by atoms with van der Waals surface area (Å²) in [6.07, 6.45) is 0. The second kappa shape index (κ2) is 4.31. The normalized spacial score (nSPS) is 8.77. The Balaban J connectivity index is 3.05. The molecule has 13 heavy (non-hydrogen) atoms. The maximum atomic E-state index is 10.1. The van der Waals surface area contributed by atoms with Gasteiger partial charge in [0.2, 0.25) is 0 Å². The first-order valence-corrected chi connectivity index (χ1v) is 4.46. The van der Waals surface area contributed by atoms with Crippen molar-refractivity contribution in [2.45, 2.75) is 0 Å². The van der Waals surface area contributed by atoms with E-state index in [0.29, 0.717) is 15.1 Å². The van der Waals surface area contributed by atoms with Gasteiger partial charge in [-0.1, -0.05) is 17.5 Å². The van der Waals surface area contributed by atoms with Crippen molar-refractivity contribution < 1.29 is 9.90 Å². The van der Waals surface area contributed by atoms with Gasteiger partial charge in [-0.2, -0.15) is 0 Å². The van der Waals surface area contributed by atoms with Crippen LogP contribution in [-0.4, -0.2) is 11.1 Å². The highest BCUT2D eigenvalue weighted by Crippen LogP contribution is 2.20. The zero-order valence-corrected chi connectivity index (χ0v) is 8.69. The van der Waals surface area contributed by atoms with E-state index in [0.717, 1.165) is 0 Å². The van der Waals surface area contributed by atoms with E-state index in [4.69, 9.17) is 16.7 Å². The van der Waals surface area contributed by atoms with Crippen molar-refractivity contribution in [3.05, 3.63) is 33.3 Å². The molecule has 66 valence electrons. The lowest BCUT2D eigenvalue weighted by molar-refractivity contribution is -0.130. The van der Waals surface area contributed by atoms with Crippen molar-refractivity contribution in [1.82, 2.24) is 0 Å². The van der Waals surface area contributed by atoms with Crippen LogP contribution in [0.3, 0.4) is 0 Å². The molecule has 0 fully saturated rings. The summed E-state index contributed by atoms with van der Waals surface area (Å²) < 4.78 is 0.689. The summed E-state index contributed by atoms with van der Waals surface area (Å²) in [5.41, 5.74) is 0.604. The average Bonchev–Trinajstić information content (AvgIpc) is 2.02. The molecule has 1 aromatic rings. The molecule has 0 aliphatic heterocycles. The van der Waals surface area contributed by atoms with Gasteiger partial charge in [0.15, 0.2) is 0 Å². The number of carboxylic acids is 1. The lowest BCUT2D eigenvalue weighted by Crippen LogP contribution is -1.87. The predicted octanol–water partition coefficient (Wildman–Crippen LogP) is 2.54. The van der Waals surface area contributed by atoms with Gasteiger partial charge in [0, 0.05) is 21.0 Å². The van der Waals surface area contributed by atoms with E-state index < -0.39 is 5.97 Å². The van der Waals surface area contributed by atoms with Crippen molar-refractivity contribution in [2.24, 2.45) is 0 Å². The van der Waals surface area contributed by atoms with Crippen LogP contribution in [0.4, 0.5) is 0 Å². The van der Waals surface area contributed by atoms with Gasteiger partial charge in [-0.25, -0.2) is 4.79 Å². The van der Waals surface area contributed by atoms with E-state index in [1.54, 1.807) is 18.2 Å². The second-order valence-electron chi connectivity index (χ2n) is 2.18. The lowest BCUT2D eigenvalue weighted by Gasteiger charge is -1.95.